The van der Waals surface area contributed by atoms with Crippen molar-refractivity contribution in [2.45, 2.75) is 25.4 Å². The maximum Gasteiger partial charge on any atom is 0.407 e. The number of rotatable bonds is 3. The first-order valence-corrected chi connectivity index (χ1v) is 6.38. The van der Waals surface area contributed by atoms with Gasteiger partial charge in [0.15, 0.2) is 0 Å². The Labute approximate surface area is 108 Å². The number of carbonyl (C=O) groups excluding carboxylic acids is 1. The van der Waals surface area contributed by atoms with Crippen LogP contribution in [0, 0.1) is 0 Å². The van der Waals surface area contributed by atoms with E-state index in [1.54, 1.807) is 0 Å². The number of hydrogen-bond acceptors (Lipinski definition) is 3. The molecule has 0 radical (unpaired) electrons. The molecular formula is C14H20N2O2. The third-order valence-corrected chi connectivity index (χ3v) is 3.26. The Kier molecular flexibility index (Phi) is 4.59. The fourth-order valence-electron chi connectivity index (χ4n) is 2.38. The van der Waals surface area contributed by atoms with Gasteiger partial charge in [-0.1, -0.05) is 30.3 Å². The second kappa shape index (κ2) is 6.40. The molecular weight excluding hydrogens is 228 g/mol. The SMILES string of the molecule is COC(=O)N[C@@H]1CCCN(Cc2ccccc2)C1. The summed E-state index contributed by atoms with van der Waals surface area (Å²) in [4.78, 5) is 13.6. The average Bonchev–Trinajstić information content (AvgIpc) is 2.40. The molecule has 1 saturated heterocycles. The first kappa shape index (κ1) is 12.9. The van der Waals surface area contributed by atoms with Crippen LogP contribution in [0.2, 0.25) is 0 Å². The zero-order chi connectivity index (χ0) is 12.8. The van der Waals surface area contributed by atoms with Crippen LogP contribution >= 0.6 is 0 Å². The van der Waals surface area contributed by atoms with Crippen molar-refractivity contribution >= 4 is 6.09 Å². The summed E-state index contributed by atoms with van der Waals surface area (Å²) in [5.41, 5.74) is 1.32. The predicted octanol–water partition coefficient (Wildman–Crippen LogP) is 2.01. The van der Waals surface area contributed by atoms with Gasteiger partial charge in [-0.05, 0) is 24.9 Å². The van der Waals surface area contributed by atoms with Gasteiger partial charge in [0.1, 0.15) is 0 Å². The van der Waals surface area contributed by atoms with E-state index in [-0.39, 0.29) is 12.1 Å². The van der Waals surface area contributed by atoms with E-state index in [0.29, 0.717) is 0 Å². The van der Waals surface area contributed by atoms with Gasteiger partial charge in [-0.25, -0.2) is 4.79 Å². The van der Waals surface area contributed by atoms with Crippen LogP contribution in [0.4, 0.5) is 4.79 Å². The van der Waals surface area contributed by atoms with Crippen molar-refractivity contribution < 1.29 is 9.53 Å². The predicted molar refractivity (Wildman–Crippen MR) is 70.3 cm³/mol. The first-order chi connectivity index (χ1) is 8.78. The lowest BCUT2D eigenvalue weighted by atomic mass is 10.0. The number of amides is 1. The highest BCUT2D eigenvalue weighted by atomic mass is 16.5. The van der Waals surface area contributed by atoms with Crippen LogP contribution in [0.5, 0.6) is 0 Å². The smallest absolute Gasteiger partial charge is 0.407 e. The Morgan fingerprint density at radius 2 is 2.22 bits per heavy atom. The van der Waals surface area contributed by atoms with Gasteiger partial charge in [0.05, 0.1) is 7.11 Å². The summed E-state index contributed by atoms with van der Waals surface area (Å²) < 4.78 is 4.64. The molecule has 1 amide bonds. The van der Waals surface area contributed by atoms with Crippen molar-refractivity contribution in [2.75, 3.05) is 20.2 Å². The highest BCUT2D eigenvalue weighted by Gasteiger charge is 2.21. The molecule has 0 saturated carbocycles. The van der Waals surface area contributed by atoms with Crippen molar-refractivity contribution in [3.63, 3.8) is 0 Å². The van der Waals surface area contributed by atoms with Crippen molar-refractivity contribution in [2.24, 2.45) is 0 Å². The molecule has 1 aliphatic rings. The number of nitrogens with one attached hydrogen (secondary N) is 1. The number of alkyl carbamates (subject to hydrolysis) is 1. The lowest BCUT2D eigenvalue weighted by Crippen LogP contribution is -2.47. The Balaban J connectivity index is 1.85. The monoisotopic (exact) mass is 248 g/mol. The van der Waals surface area contributed by atoms with Crippen molar-refractivity contribution in [3.8, 4) is 0 Å². The van der Waals surface area contributed by atoms with Gasteiger partial charge in [-0.2, -0.15) is 0 Å². The van der Waals surface area contributed by atoms with E-state index in [4.69, 9.17) is 0 Å². The molecule has 0 aromatic heterocycles. The normalized spacial score (nSPS) is 20.4. The van der Waals surface area contributed by atoms with Crippen molar-refractivity contribution in [1.29, 1.82) is 0 Å². The highest BCUT2D eigenvalue weighted by Crippen LogP contribution is 2.13. The second-order valence-electron chi connectivity index (χ2n) is 4.70. The molecule has 1 heterocycles. The summed E-state index contributed by atoms with van der Waals surface area (Å²) in [5.74, 6) is 0. The molecule has 1 aromatic rings. The van der Waals surface area contributed by atoms with E-state index in [1.165, 1.54) is 12.7 Å². The molecule has 18 heavy (non-hydrogen) atoms. The van der Waals surface area contributed by atoms with Gasteiger partial charge < -0.3 is 10.1 Å². The lowest BCUT2D eigenvalue weighted by Gasteiger charge is -2.32. The summed E-state index contributed by atoms with van der Waals surface area (Å²) >= 11 is 0. The minimum atomic E-state index is -0.332. The Morgan fingerprint density at radius 3 is 2.94 bits per heavy atom. The van der Waals surface area contributed by atoms with Crippen LogP contribution in [-0.4, -0.2) is 37.2 Å². The minimum Gasteiger partial charge on any atom is -0.453 e. The maximum absolute atomic E-state index is 11.2. The van der Waals surface area contributed by atoms with E-state index in [9.17, 15) is 4.79 Å². The number of piperidine rings is 1. The van der Waals surface area contributed by atoms with E-state index in [2.05, 4.69) is 39.2 Å². The molecule has 1 N–H and O–H groups in total. The largest absolute Gasteiger partial charge is 0.453 e. The number of likely N-dealkylation sites (tertiary alicyclic amines) is 1. The number of ether oxygens (including phenoxy) is 1. The molecule has 98 valence electrons. The molecule has 1 aliphatic heterocycles. The maximum atomic E-state index is 11.2. The molecule has 1 fully saturated rings. The van der Waals surface area contributed by atoms with E-state index in [1.807, 2.05) is 6.07 Å². The molecule has 0 aliphatic carbocycles. The second-order valence-corrected chi connectivity index (χ2v) is 4.70. The molecule has 1 atom stereocenters. The topological polar surface area (TPSA) is 41.6 Å². The molecule has 0 unspecified atom stereocenters. The van der Waals surface area contributed by atoms with Crippen molar-refractivity contribution in [3.05, 3.63) is 35.9 Å². The van der Waals surface area contributed by atoms with Gasteiger partial charge in [-0.15, -0.1) is 0 Å². The fourth-order valence-corrected chi connectivity index (χ4v) is 2.38. The molecule has 0 bridgehead atoms. The third kappa shape index (κ3) is 3.74. The quantitative estimate of drug-likeness (QED) is 0.889. The van der Waals surface area contributed by atoms with E-state index < -0.39 is 0 Å². The number of nitrogens with zero attached hydrogens (tertiary/aromatic N) is 1. The van der Waals surface area contributed by atoms with Gasteiger partial charge in [-0.3, -0.25) is 4.90 Å². The zero-order valence-corrected chi connectivity index (χ0v) is 10.8. The number of methoxy groups -OCH3 is 1. The molecule has 1 aromatic carbocycles. The first-order valence-electron chi connectivity index (χ1n) is 6.38. The summed E-state index contributed by atoms with van der Waals surface area (Å²) in [7, 11) is 1.40. The summed E-state index contributed by atoms with van der Waals surface area (Å²) in [6.07, 6.45) is 1.81. The van der Waals surface area contributed by atoms with Gasteiger partial charge in [0.25, 0.3) is 0 Å². The van der Waals surface area contributed by atoms with Gasteiger partial charge in [0.2, 0.25) is 0 Å². The van der Waals surface area contributed by atoms with Crippen LogP contribution < -0.4 is 5.32 Å². The number of carbonyl (C=O) groups is 1. The van der Waals surface area contributed by atoms with Crippen LogP contribution in [-0.2, 0) is 11.3 Å². The van der Waals surface area contributed by atoms with Gasteiger partial charge in [0, 0.05) is 19.1 Å². The standard InChI is InChI=1S/C14H20N2O2/c1-18-14(17)15-13-8-5-9-16(11-13)10-12-6-3-2-4-7-12/h2-4,6-7,13H,5,8-11H2,1H3,(H,15,17)/t13-/m1/s1. The summed E-state index contributed by atoms with van der Waals surface area (Å²) in [6, 6.07) is 10.6. The van der Waals surface area contributed by atoms with Crippen LogP contribution in [0.25, 0.3) is 0 Å². The van der Waals surface area contributed by atoms with Crippen LogP contribution in [0.3, 0.4) is 0 Å². The third-order valence-electron chi connectivity index (χ3n) is 3.26. The molecule has 4 nitrogen and oxygen atoms in total. The summed E-state index contributed by atoms with van der Waals surface area (Å²) in [5, 5.41) is 2.88. The van der Waals surface area contributed by atoms with Crippen LogP contribution in [0.15, 0.2) is 30.3 Å². The highest BCUT2D eigenvalue weighted by molar-refractivity contribution is 5.67. The fraction of sp³-hybridized carbons (Fsp3) is 0.500. The average molecular weight is 248 g/mol. The zero-order valence-electron chi connectivity index (χ0n) is 10.8. The number of hydrogen-bond donors (Lipinski definition) is 1. The minimum absolute atomic E-state index is 0.204. The number of benzene rings is 1. The summed E-state index contributed by atoms with van der Waals surface area (Å²) in [6.45, 7) is 2.93. The molecule has 0 spiro atoms. The Hall–Kier alpha value is -1.55. The Morgan fingerprint density at radius 1 is 1.44 bits per heavy atom. The lowest BCUT2D eigenvalue weighted by molar-refractivity contribution is 0.145. The van der Waals surface area contributed by atoms with E-state index in [0.717, 1.165) is 32.5 Å². The molecule has 2 rings (SSSR count). The van der Waals surface area contributed by atoms with E-state index >= 15 is 0 Å². The molecule has 4 heteroatoms. The Bertz CT molecular complexity index is 381. The van der Waals surface area contributed by atoms with Crippen molar-refractivity contribution in [1.82, 2.24) is 10.2 Å². The van der Waals surface area contributed by atoms with Gasteiger partial charge >= 0.3 is 6.09 Å². The van der Waals surface area contributed by atoms with Crippen LogP contribution in [0.1, 0.15) is 18.4 Å².